The van der Waals surface area contributed by atoms with Gasteiger partial charge in [0.25, 0.3) is 0 Å². The Morgan fingerprint density at radius 1 is 1.13 bits per heavy atom. The number of nitrogens with zero attached hydrogens (tertiary/aromatic N) is 1. The fraction of sp³-hybridized carbons (Fsp3) is 0.176. The minimum atomic E-state index is -0.419. The van der Waals surface area contributed by atoms with E-state index in [1.165, 1.54) is 0 Å². The monoisotopic (exact) mass is 348 g/mol. The highest BCUT2D eigenvalue weighted by Crippen LogP contribution is 2.28. The normalized spacial score (nSPS) is 17.4. The average molecular weight is 349 g/mol. The van der Waals surface area contributed by atoms with E-state index in [-0.39, 0.29) is 18.2 Å². The lowest BCUT2D eigenvalue weighted by atomic mass is 10.1. The average Bonchev–Trinajstić information content (AvgIpc) is 2.92. The van der Waals surface area contributed by atoms with Gasteiger partial charge in [0.05, 0.1) is 16.6 Å². The lowest BCUT2D eigenvalue weighted by Gasteiger charge is -2.17. The molecule has 0 saturated carbocycles. The molecule has 4 nitrogen and oxygen atoms in total. The second kappa shape index (κ2) is 6.60. The Kier molecular flexibility index (Phi) is 4.55. The lowest BCUT2D eigenvalue weighted by molar-refractivity contribution is -0.122. The van der Waals surface area contributed by atoms with E-state index in [1.54, 1.807) is 53.4 Å². The van der Waals surface area contributed by atoms with E-state index in [2.05, 4.69) is 5.32 Å². The molecule has 0 bridgehead atoms. The van der Waals surface area contributed by atoms with E-state index >= 15 is 0 Å². The summed E-state index contributed by atoms with van der Waals surface area (Å²) >= 11 is 12.0. The third-order valence-electron chi connectivity index (χ3n) is 3.75. The van der Waals surface area contributed by atoms with E-state index in [4.69, 9.17) is 23.2 Å². The van der Waals surface area contributed by atoms with Gasteiger partial charge in [0.1, 0.15) is 0 Å². The number of halogens is 2. The minimum Gasteiger partial charge on any atom is -0.324 e. The zero-order chi connectivity index (χ0) is 16.4. The van der Waals surface area contributed by atoms with Gasteiger partial charge in [-0.25, -0.2) is 0 Å². The molecule has 118 valence electrons. The van der Waals surface area contributed by atoms with Crippen LogP contribution >= 0.6 is 23.2 Å². The van der Waals surface area contributed by atoms with Crippen LogP contribution in [0.5, 0.6) is 0 Å². The molecule has 1 atom stereocenters. The number of rotatable bonds is 3. The van der Waals surface area contributed by atoms with Crippen molar-refractivity contribution in [2.24, 2.45) is 5.92 Å². The van der Waals surface area contributed by atoms with Crippen LogP contribution in [0.2, 0.25) is 10.0 Å². The zero-order valence-corrected chi connectivity index (χ0v) is 13.6. The summed E-state index contributed by atoms with van der Waals surface area (Å²) in [4.78, 5) is 26.2. The smallest absolute Gasteiger partial charge is 0.229 e. The molecule has 1 N–H and O–H groups in total. The molecule has 2 amide bonds. The highest BCUT2D eigenvalue weighted by molar-refractivity contribution is 6.33. The predicted octanol–water partition coefficient (Wildman–Crippen LogP) is 3.99. The van der Waals surface area contributed by atoms with Crippen LogP contribution in [0, 0.1) is 5.92 Å². The molecule has 1 unspecified atom stereocenters. The van der Waals surface area contributed by atoms with Gasteiger partial charge in [-0.3, -0.25) is 9.59 Å². The van der Waals surface area contributed by atoms with Crippen LogP contribution in [-0.2, 0) is 9.59 Å². The van der Waals surface area contributed by atoms with E-state index in [0.717, 1.165) is 0 Å². The van der Waals surface area contributed by atoms with Crippen molar-refractivity contribution in [1.29, 1.82) is 0 Å². The van der Waals surface area contributed by atoms with Crippen molar-refractivity contribution >= 4 is 46.4 Å². The highest BCUT2D eigenvalue weighted by atomic mass is 35.5. The summed E-state index contributed by atoms with van der Waals surface area (Å²) < 4.78 is 0. The molecule has 1 heterocycles. The van der Waals surface area contributed by atoms with Crippen LogP contribution in [0.4, 0.5) is 11.4 Å². The second-order valence-electron chi connectivity index (χ2n) is 5.35. The summed E-state index contributed by atoms with van der Waals surface area (Å²) in [5, 5.41) is 3.80. The molecular formula is C17H14Cl2N2O2. The highest BCUT2D eigenvalue weighted by Gasteiger charge is 2.35. The summed E-state index contributed by atoms with van der Waals surface area (Å²) in [6, 6.07) is 14.1. The molecule has 1 aliphatic rings. The van der Waals surface area contributed by atoms with Gasteiger partial charge in [0.15, 0.2) is 0 Å². The quantitative estimate of drug-likeness (QED) is 0.911. The predicted molar refractivity (Wildman–Crippen MR) is 92.0 cm³/mol. The van der Waals surface area contributed by atoms with Crippen molar-refractivity contribution in [3.8, 4) is 0 Å². The van der Waals surface area contributed by atoms with Gasteiger partial charge in [-0.05, 0) is 30.3 Å². The van der Waals surface area contributed by atoms with Gasteiger partial charge in [0.2, 0.25) is 11.8 Å². The zero-order valence-electron chi connectivity index (χ0n) is 12.1. The van der Waals surface area contributed by atoms with Crippen molar-refractivity contribution in [3.05, 3.63) is 58.6 Å². The Balaban J connectivity index is 1.72. The van der Waals surface area contributed by atoms with Crippen molar-refractivity contribution in [1.82, 2.24) is 0 Å². The van der Waals surface area contributed by atoms with E-state index < -0.39 is 5.92 Å². The largest absolute Gasteiger partial charge is 0.324 e. The van der Waals surface area contributed by atoms with Crippen molar-refractivity contribution in [2.75, 3.05) is 16.8 Å². The van der Waals surface area contributed by atoms with Gasteiger partial charge < -0.3 is 10.2 Å². The molecule has 2 aromatic rings. The maximum atomic E-state index is 12.4. The van der Waals surface area contributed by atoms with Gasteiger partial charge in [-0.15, -0.1) is 0 Å². The maximum Gasteiger partial charge on any atom is 0.229 e. The number of carbonyl (C=O) groups excluding carboxylic acids is 2. The number of carbonyl (C=O) groups is 2. The fourth-order valence-electron chi connectivity index (χ4n) is 2.57. The first kappa shape index (κ1) is 15.8. The Morgan fingerprint density at radius 2 is 1.91 bits per heavy atom. The molecular weight excluding hydrogens is 335 g/mol. The van der Waals surface area contributed by atoms with Gasteiger partial charge in [-0.2, -0.15) is 0 Å². The van der Waals surface area contributed by atoms with Crippen LogP contribution in [-0.4, -0.2) is 18.4 Å². The Hall–Kier alpha value is -2.04. The summed E-state index contributed by atoms with van der Waals surface area (Å²) in [6.07, 6.45) is 0.169. The molecule has 1 saturated heterocycles. The summed E-state index contributed by atoms with van der Waals surface area (Å²) in [5.74, 6) is -0.722. The van der Waals surface area contributed by atoms with Gasteiger partial charge in [-0.1, -0.05) is 41.4 Å². The minimum absolute atomic E-state index is 0.0911. The van der Waals surface area contributed by atoms with Crippen LogP contribution in [0.25, 0.3) is 0 Å². The van der Waals surface area contributed by atoms with Crippen LogP contribution in [0.15, 0.2) is 48.5 Å². The number of hydrogen-bond acceptors (Lipinski definition) is 2. The number of anilines is 2. The Morgan fingerprint density at radius 3 is 2.65 bits per heavy atom. The topological polar surface area (TPSA) is 49.4 Å². The molecule has 0 aliphatic carbocycles. The van der Waals surface area contributed by atoms with Gasteiger partial charge in [0, 0.05) is 23.7 Å². The maximum absolute atomic E-state index is 12.4. The fourth-order valence-corrected chi connectivity index (χ4v) is 2.94. The van der Waals surface area contributed by atoms with Crippen molar-refractivity contribution < 1.29 is 9.59 Å². The SMILES string of the molecule is O=C(Nc1ccccc1Cl)C1CC(=O)N(c2cccc(Cl)c2)C1. The third kappa shape index (κ3) is 3.49. The molecule has 1 fully saturated rings. The third-order valence-corrected chi connectivity index (χ3v) is 4.31. The molecule has 0 aromatic heterocycles. The number of amides is 2. The lowest BCUT2D eigenvalue weighted by Crippen LogP contribution is -2.28. The molecule has 0 radical (unpaired) electrons. The summed E-state index contributed by atoms with van der Waals surface area (Å²) in [7, 11) is 0. The molecule has 3 rings (SSSR count). The molecule has 2 aromatic carbocycles. The summed E-state index contributed by atoms with van der Waals surface area (Å²) in [5.41, 5.74) is 1.25. The van der Waals surface area contributed by atoms with E-state index in [9.17, 15) is 9.59 Å². The standard InChI is InChI=1S/C17H14Cl2N2O2/c18-12-4-3-5-13(9-12)21-10-11(8-16(21)22)17(23)20-15-7-2-1-6-14(15)19/h1-7,9,11H,8,10H2,(H,20,23). The molecule has 0 spiro atoms. The molecule has 6 heteroatoms. The Bertz CT molecular complexity index is 764. The first-order valence-corrected chi connectivity index (χ1v) is 7.91. The van der Waals surface area contributed by atoms with Crippen LogP contribution in [0.3, 0.4) is 0 Å². The number of nitrogens with one attached hydrogen (secondary N) is 1. The van der Waals surface area contributed by atoms with E-state index in [0.29, 0.717) is 28.0 Å². The van der Waals surface area contributed by atoms with E-state index in [1.807, 2.05) is 0 Å². The van der Waals surface area contributed by atoms with Crippen molar-refractivity contribution in [3.63, 3.8) is 0 Å². The Labute approximate surface area is 144 Å². The van der Waals surface area contributed by atoms with Crippen LogP contribution in [0.1, 0.15) is 6.42 Å². The van der Waals surface area contributed by atoms with Gasteiger partial charge >= 0.3 is 0 Å². The number of hydrogen-bond donors (Lipinski definition) is 1. The number of benzene rings is 2. The first-order valence-electron chi connectivity index (χ1n) is 7.16. The second-order valence-corrected chi connectivity index (χ2v) is 6.20. The van der Waals surface area contributed by atoms with Crippen LogP contribution < -0.4 is 10.2 Å². The van der Waals surface area contributed by atoms with Crippen molar-refractivity contribution in [2.45, 2.75) is 6.42 Å². The molecule has 1 aliphatic heterocycles. The first-order chi connectivity index (χ1) is 11.0. The molecule has 23 heavy (non-hydrogen) atoms. The summed E-state index contributed by atoms with van der Waals surface area (Å²) in [6.45, 7) is 0.329. The number of para-hydroxylation sites is 1.